The number of anilines is 1. The number of benzene rings is 3. The second-order valence-corrected chi connectivity index (χ2v) is 14.8. The molecule has 1 aromatic heterocycles. The van der Waals surface area contributed by atoms with Crippen molar-refractivity contribution in [1.29, 1.82) is 0 Å². The van der Waals surface area contributed by atoms with E-state index < -0.39 is 59.4 Å². The zero-order chi connectivity index (χ0) is 37.3. The molecule has 0 spiro atoms. The summed E-state index contributed by atoms with van der Waals surface area (Å²) in [7, 11) is 0. The topological polar surface area (TPSA) is 171 Å². The second-order valence-electron chi connectivity index (χ2n) is 13.7. The molecule has 0 unspecified atom stereocenters. The van der Waals surface area contributed by atoms with Gasteiger partial charge in [-0.2, -0.15) is 0 Å². The van der Waals surface area contributed by atoms with Gasteiger partial charge >= 0.3 is 5.97 Å². The number of hydrogen-bond donors (Lipinski definition) is 5. The minimum absolute atomic E-state index is 0.0477. The number of thiophene rings is 1. The quantitative estimate of drug-likeness (QED) is 0.186. The van der Waals surface area contributed by atoms with Crippen LogP contribution in [-0.2, 0) is 60.9 Å². The summed E-state index contributed by atoms with van der Waals surface area (Å²) in [6, 6.07) is 24.1. The zero-order valence-electron chi connectivity index (χ0n) is 29.1. The van der Waals surface area contributed by atoms with Crippen molar-refractivity contribution < 1.29 is 33.9 Å². The predicted molar refractivity (Wildman–Crippen MR) is 200 cm³/mol. The Bertz CT molecular complexity index is 1920. The van der Waals surface area contributed by atoms with Gasteiger partial charge in [0.2, 0.25) is 23.6 Å². The van der Waals surface area contributed by atoms with Gasteiger partial charge in [-0.25, -0.2) is 0 Å². The maximum absolute atomic E-state index is 14.5. The summed E-state index contributed by atoms with van der Waals surface area (Å²) < 4.78 is 0. The fraction of sp³-hybridized carbons (Fsp3) is 0.317. The van der Waals surface area contributed by atoms with Crippen molar-refractivity contribution in [3.63, 3.8) is 0 Å². The molecule has 3 aromatic carbocycles. The molecule has 2 aliphatic heterocycles. The summed E-state index contributed by atoms with van der Waals surface area (Å²) in [6.45, 7) is 0. The molecule has 4 atom stereocenters. The van der Waals surface area contributed by atoms with Crippen LogP contribution >= 0.6 is 11.3 Å². The molecule has 0 saturated heterocycles. The fourth-order valence-corrected chi connectivity index (χ4v) is 7.79. The molecule has 4 amide bonds. The van der Waals surface area contributed by atoms with Gasteiger partial charge in [-0.1, -0.05) is 72.8 Å². The molecule has 0 radical (unpaired) electrons. The number of nitrogens with one attached hydrogen (secondary N) is 4. The Hall–Kier alpha value is -5.62. The number of amides is 4. The van der Waals surface area contributed by atoms with E-state index >= 15 is 0 Å². The number of carboxylic acid groups (broad SMARTS) is 1. The highest BCUT2D eigenvalue weighted by molar-refractivity contribution is 7.09. The van der Waals surface area contributed by atoms with E-state index in [1.807, 2.05) is 72.1 Å². The molecule has 274 valence electrons. The summed E-state index contributed by atoms with van der Waals surface area (Å²) in [6.07, 6.45) is 0.680. The van der Waals surface area contributed by atoms with Crippen LogP contribution in [0.25, 0.3) is 0 Å². The SMILES string of the molecule is O=C1CCC(=O)N[C@H](Cc2cccs2)C(=O)N[C@@H](C2Cc3ccccc3C2)C(=O)N[C@H](Cc2ccccc2)C(=O)C[C@H](C(=O)O)Cc2ccc(cc2)N1. The summed E-state index contributed by atoms with van der Waals surface area (Å²) in [5, 5.41) is 23.5. The molecule has 12 heteroatoms. The van der Waals surface area contributed by atoms with Crippen molar-refractivity contribution >= 4 is 52.4 Å². The lowest BCUT2D eigenvalue weighted by atomic mass is 9.89. The highest BCUT2D eigenvalue weighted by atomic mass is 32.1. The fourth-order valence-electron chi connectivity index (χ4n) is 7.03. The molecule has 5 N–H and O–H groups in total. The van der Waals surface area contributed by atoms with Crippen LogP contribution in [0.5, 0.6) is 0 Å². The lowest BCUT2D eigenvalue weighted by molar-refractivity contribution is -0.144. The highest BCUT2D eigenvalue weighted by Crippen LogP contribution is 2.29. The van der Waals surface area contributed by atoms with Crippen LogP contribution in [0, 0.1) is 11.8 Å². The Morgan fingerprint density at radius 1 is 0.660 bits per heavy atom. The van der Waals surface area contributed by atoms with Crippen molar-refractivity contribution in [3.8, 4) is 0 Å². The van der Waals surface area contributed by atoms with E-state index in [2.05, 4.69) is 21.3 Å². The number of fused-ring (bicyclic) bond motifs is 19. The van der Waals surface area contributed by atoms with Crippen molar-refractivity contribution in [1.82, 2.24) is 16.0 Å². The van der Waals surface area contributed by atoms with Crippen LogP contribution in [-0.4, -0.2) is 58.6 Å². The van der Waals surface area contributed by atoms with Gasteiger partial charge in [-0.05, 0) is 77.4 Å². The van der Waals surface area contributed by atoms with Gasteiger partial charge in [-0.3, -0.25) is 28.8 Å². The molecule has 2 bridgehead atoms. The highest BCUT2D eigenvalue weighted by Gasteiger charge is 2.38. The normalized spacial score (nSPS) is 22.2. The maximum Gasteiger partial charge on any atom is 0.307 e. The molecule has 4 aromatic rings. The molecule has 0 fully saturated rings. The van der Waals surface area contributed by atoms with E-state index in [-0.39, 0.29) is 44.4 Å². The Morgan fingerprint density at radius 2 is 1.34 bits per heavy atom. The third kappa shape index (κ3) is 10.0. The van der Waals surface area contributed by atoms with Gasteiger partial charge in [0.25, 0.3) is 0 Å². The standard InChI is InChI=1S/C41H42N4O7S/c46-35-23-30(41(51)52)19-26-12-14-31(15-13-26)42-36(47)16-17-37(48)43-34(24-32-11-6-18-53-32)39(49)45-38(29-21-27-9-4-5-10-28(27)22-29)40(50)44-33(35)20-25-7-2-1-3-8-25/h1-15,18,29-30,33-34,38H,16-17,19-24H2,(H,42,47)(H,43,48)(H,44,50)(H,45,49)(H,51,52)/t30-,33-,34-,38+/m1/s1. The van der Waals surface area contributed by atoms with Gasteiger partial charge in [0.05, 0.1) is 12.0 Å². The van der Waals surface area contributed by atoms with Crippen molar-refractivity contribution in [2.45, 2.75) is 69.5 Å². The molecule has 53 heavy (non-hydrogen) atoms. The van der Waals surface area contributed by atoms with E-state index in [4.69, 9.17) is 0 Å². The number of aliphatic carboxylic acids is 1. The van der Waals surface area contributed by atoms with Crippen LogP contribution in [0.3, 0.4) is 0 Å². The van der Waals surface area contributed by atoms with E-state index in [1.165, 1.54) is 11.3 Å². The summed E-state index contributed by atoms with van der Waals surface area (Å²) in [4.78, 5) is 82.0. The minimum atomic E-state index is -1.15. The van der Waals surface area contributed by atoms with Gasteiger partial charge in [0.15, 0.2) is 5.78 Å². The van der Waals surface area contributed by atoms with E-state index in [1.54, 1.807) is 24.3 Å². The number of Topliss-reactive ketones (excluding diaryl/α,β-unsaturated/α-hetero) is 1. The first kappa shape index (κ1) is 37.1. The molecular formula is C41H42N4O7S. The number of hydrogen-bond acceptors (Lipinski definition) is 7. The monoisotopic (exact) mass is 734 g/mol. The molecule has 7 rings (SSSR count). The lowest BCUT2D eigenvalue weighted by Gasteiger charge is -2.29. The summed E-state index contributed by atoms with van der Waals surface area (Å²) in [5.74, 6) is -5.10. The third-order valence-electron chi connectivity index (χ3n) is 9.85. The van der Waals surface area contributed by atoms with Crippen LogP contribution in [0.4, 0.5) is 5.69 Å². The predicted octanol–water partition coefficient (Wildman–Crippen LogP) is 4.04. The van der Waals surface area contributed by atoms with Gasteiger partial charge in [0, 0.05) is 36.2 Å². The van der Waals surface area contributed by atoms with E-state index in [0.717, 1.165) is 21.6 Å². The molecule has 1 aliphatic carbocycles. The van der Waals surface area contributed by atoms with Crippen molar-refractivity contribution in [2.75, 3.05) is 5.32 Å². The average molecular weight is 735 g/mol. The molecular weight excluding hydrogens is 693 g/mol. The Morgan fingerprint density at radius 3 is 2.00 bits per heavy atom. The number of carboxylic acids is 1. The first-order valence-corrected chi connectivity index (χ1v) is 18.7. The number of rotatable bonds is 6. The average Bonchev–Trinajstić information content (AvgIpc) is 3.83. The maximum atomic E-state index is 14.5. The Kier molecular flexibility index (Phi) is 12.1. The number of carbonyl (C=O) groups is 6. The van der Waals surface area contributed by atoms with E-state index in [9.17, 15) is 33.9 Å². The van der Waals surface area contributed by atoms with Crippen LogP contribution < -0.4 is 21.3 Å². The minimum Gasteiger partial charge on any atom is -0.481 e. The molecule has 3 aliphatic rings. The Labute approximate surface area is 311 Å². The first-order valence-electron chi connectivity index (χ1n) is 17.8. The molecule has 11 nitrogen and oxygen atoms in total. The number of ketones is 1. The van der Waals surface area contributed by atoms with E-state index in [0.29, 0.717) is 24.1 Å². The lowest BCUT2D eigenvalue weighted by Crippen LogP contribution is -2.59. The van der Waals surface area contributed by atoms with Crippen molar-refractivity contribution in [3.05, 3.63) is 124 Å². The zero-order valence-corrected chi connectivity index (χ0v) is 29.9. The van der Waals surface area contributed by atoms with Crippen molar-refractivity contribution in [2.24, 2.45) is 11.8 Å². The second kappa shape index (κ2) is 17.3. The largest absolute Gasteiger partial charge is 0.481 e. The van der Waals surface area contributed by atoms with Crippen LogP contribution in [0.1, 0.15) is 46.4 Å². The molecule has 0 saturated carbocycles. The first-order chi connectivity index (χ1) is 25.6. The van der Waals surface area contributed by atoms with Gasteiger partial charge in [0.1, 0.15) is 12.1 Å². The smallest absolute Gasteiger partial charge is 0.307 e. The number of carbonyl (C=O) groups excluding carboxylic acids is 5. The summed E-state index contributed by atoms with van der Waals surface area (Å²) >= 11 is 1.43. The van der Waals surface area contributed by atoms with Crippen LogP contribution in [0.15, 0.2) is 96.4 Å². The molecule has 3 heterocycles. The van der Waals surface area contributed by atoms with Gasteiger partial charge < -0.3 is 26.4 Å². The van der Waals surface area contributed by atoms with Gasteiger partial charge in [-0.15, -0.1) is 11.3 Å². The Balaban J connectivity index is 1.34. The third-order valence-corrected chi connectivity index (χ3v) is 10.8. The van der Waals surface area contributed by atoms with Crippen LogP contribution in [0.2, 0.25) is 0 Å². The summed E-state index contributed by atoms with van der Waals surface area (Å²) in [5.41, 5.74) is 4.00.